The number of benzene rings is 2. The lowest BCUT2D eigenvalue weighted by molar-refractivity contribution is 0.113. The van der Waals surface area contributed by atoms with Gasteiger partial charge in [0.1, 0.15) is 0 Å². The molecule has 0 amide bonds. The first-order valence-corrected chi connectivity index (χ1v) is 8.64. The molecule has 0 unspecified atom stereocenters. The van der Waals surface area contributed by atoms with Crippen molar-refractivity contribution in [1.29, 1.82) is 0 Å². The molecule has 112 valence electrons. The number of halogens is 1. The van der Waals surface area contributed by atoms with Crippen molar-refractivity contribution in [2.75, 3.05) is 19.0 Å². The van der Waals surface area contributed by atoms with E-state index in [1.807, 2.05) is 42.5 Å². The summed E-state index contributed by atoms with van der Waals surface area (Å²) in [7, 11) is 0. The average molecular weight is 367 g/mol. The van der Waals surface area contributed by atoms with Crippen molar-refractivity contribution in [3.05, 3.63) is 64.6 Å². The Morgan fingerprint density at radius 2 is 1.52 bits per heavy atom. The summed E-state index contributed by atoms with van der Waals surface area (Å²) in [5.41, 5.74) is 0.352. The highest BCUT2D eigenvalue weighted by atomic mass is 79.9. The van der Waals surface area contributed by atoms with Crippen LogP contribution in [0.15, 0.2) is 64.0 Å². The van der Waals surface area contributed by atoms with Gasteiger partial charge in [-0.3, -0.25) is 0 Å². The van der Waals surface area contributed by atoms with Crippen LogP contribution in [0, 0.1) is 0 Å². The summed E-state index contributed by atoms with van der Waals surface area (Å²) in [6, 6.07) is 17.9. The van der Waals surface area contributed by atoms with Crippen molar-refractivity contribution in [1.82, 2.24) is 0 Å². The first kappa shape index (κ1) is 16.6. The molecule has 0 heterocycles. The zero-order valence-corrected chi connectivity index (χ0v) is 14.1. The Balaban J connectivity index is 2.10. The monoisotopic (exact) mass is 366 g/mol. The number of aliphatic hydroxyl groups is 2. The number of aliphatic hydroxyl groups excluding tert-OH is 2. The highest BCUT2D eigenvalue weighted by Crippen LogP contribution is 2.35. The topological polar surface area (TPSA) is 40.5 Å². The van der Waals surface area contributed by atoms with Gasteiger partial charge in [-0.1, -0.05) is 52.3 Å². The SMILES string of the molecule is OCC(CO)(CCSc1ccccc1)c1ccccc1Br. The van der Waals surface area contributed by atoms with Crippen molar-refractivity contribution in [2.45, 2.75) is 16.7 Å². The van der Waals surface area contributed by atoms with Gasteiger partial charge in [0, 0.05) is 14.8 Å². The number of thioether (sulfide) groups is 1. The van der Waals surface area contributed by atoms with Crippen molar-refractivity contribution >= 4 is 27.7 Å². The van der Waals surface area contributed by atoms with Crippen LogP contribution in [0.1, 0.15) is 12.0 Å². The molecule has 0 aliphatic carbocycles. The Labute approximate surface area is 138 Å². The molecule has 2 aromatic carbocycles. The number of rotatable bonds is 7. The third-order valence-electron chi connectivity index (χ3n) is 3.64. The highest BCUT2D eigenvalue weighted by Gasteiger charge is 2.32. The van der Waals surface area contributed by atoms with Crippen LogP contribution in [0.3, 0.4) is 0 Å². The van der Waals surface area contributed by atoms with Gasteiger partial charge in [-0.2, -0.15) is 0 Å². The van der Waals surface area contributed by atoms with E-state index < -0.39 is 5.41 Å². The van der Waals surface area contributed by atoms with Crippen molar-refractivity contribution in [3.8, 4) is 0 Å². The van der Waals surface area contributed by atoms with E-state index in [0.717, 1.165) is 15.8 Å². The Hall–Kier alpha value is -0.810. The second kappa shape index (κ2) is 7.99. The van der Waals surface area contributed by atoms with Gasteiger partial charge in [-0.05, 0) is 35.9 Å². The summed E-state index contributed by atoms with van der Waals surface area (Å²) in [6.45, 7) is -0.136. The smallest absolute Gasteiger partial charge is 0.0550 e. The number of hydrogen-bond acceptors (Lipinski definition) is 3. The van der Waals surface area contributed by atoms with Crippen molar-refractivity contribution < 1.29 is 10.2 Å². The molecule has 4 heteroatoms. The maximum Gasteiger partial charge on any atom is 0.0550 e. The Morgan fingerprint density at radius 3 is 2.14 bits per heavy atom. The van der Waals surface area contributed by atoms with E-state index >= 15 is 0 Å². The zero-order valence-electron chi connectivity index (χ0n) is 11.7. The van der Waals surface area contributed by atoms with Crippen LogP contribution in [-0.4, -0.2) is 29.2 Å². The lowest BCUT2D eigenvalue weighted by Crippen LogP contribution is -2.36. The quantitative estimate of drug-likeness (QED) is 0.731. The van der Waals surface area contributed by atoms with Crippen LogP contribution < -0.4 is 0 Å². The number of hydrogen-bond donors (Lipinski definition) is 2. The van der Waals surface area contributed by atoms with Crippen LogP contribution in [0.5, 0.6) is 0 Å². The third kappa shape index (κ3) is 4.10. The van der Waals surface area contributed by atoms with Crippen LogP contribution in [0.25, 0.3) is 0 Å². The van der Waals surface area contributed by atoms with Crippen LogP contribution in [0.2, 0.25) is 0 Å². The largest absolute Gasteiger partial charge is 0.395 e. The van der Waals surface area contributed by atoms with Gasteiger partial charge >= 0.3 is 0 Å². The van der Waals surface area contributed by atoms with Crippen LogP contribution in [-0.2, 0) is 5.41 Å². The van der Waals surface area contributed by atoms with Crippen LogP contribution in [0.4, 0.5) is 0 Å². The minimum Gasteiger partial charge on any atom is -0.395 e. The van der Waals surface area contributed by atoms with Crippen molar-refractivity contribution in [3.63, 3.8) is 0 Å². The Morgan fingerprint density at radius 1 is 0.905 bits per heavy atom. The lowest BCUT2D eigenvalue weighted by atomic mass is 9.79. The molecule has 0 bridgehead atoms. The molecule has 0 atom stereocenters. The minimum atomic E-state index is -0.609. The van der Waals surface area contributed by atoms with Gasteiger partial charge in [-0.15, -0.1) is 11.8 Å². The molecular formula is C17H19BrO2S. The van der Waals surface area contributed by atoms with Crippen LogP contribution >= 0.6 is 27.7 Å². The summed E-state index contributed by atoms with van der Waals surface area (Å²) in [5.74, 6) is 0.840. The molecule has 2 rings (SSSR count). The van der Waals surface area contributed by atoms with E-state index in [9.17, 15) is 10.2 Å². The van der Waals surface area contributed by atoms with E-state index in [1.54, 1.807) is 11.8 Å². The molecule has 2 nitrogen and oxygen atoms in total. The van der Waals surface area contributed by atoms with Gasteiger partial charge in [0.15, 0.2) is 0 Å². The molecule has 21 heavy (non-hydrogen) atoms. The normalized spacial score (nSPS) is 11.6. The molecule has 0 spiro atoms. The molecular weight excluding hydrogens is 348 g/mol. The van der Waals surface area contributed by atoms with E-state index in [2.05, 4.69) is 28.1 Å². The van der Waals surface area contributed by atoms with Gasteiger partial charge in [-0.25, -0.2) is 0 Å². The standard InChI is InChI=1S/C17H19BrO2S/c18-16-9-5-4-8-15(16)17(12-19,13-20)10-11-21-14-6-2-1-3-7-14/h1-9,19-20H,10-13H2. The lowest BCUT2D eigenvalue weighted by Gasteiger charge is -2.31. The molecule has 0 saturated carbocycles. The maximum absolute atomic E-state index is 9.86. The van der Waals surface area contributed by atoms with E-state index in [-0.39, 0.29) is 13.2 Å². The predicted octanol–water partition coefficient (Wildman–Crippen LogP) is 3.85. The average Bonchev–Trinajstić information content (AvgIpc) is 2.54. The summed E-state index contributed by atoms with van der Waals surface area (Å²) < 4.78 is 0.929. The minimum absolute atomic E-state index is 0.0680. The maximum atomic E-state index is 9.86. The van der Waals surface area contributed by atoms with Crippen molar-refractivity contribution in [2.24, 2.45) is 0 Å². The summed E-state index contributed by atoms with van der Waals surface area (Å²) in [5, 5.41) is 19.7. The second-order valence-corrected chi connectivity index (χ2v) is 7.01. The molecule has 0 fully saturated rings. The van der Waals surface area contributed by atoms with Gasteiger partial charge in [0.05, 0.1) is 13.2 Å². The Kier molecular flexibility index (Phi) is 6.30. The summed E-state index contributed by atoms with van der Waals surface area (Å²) in [4.78, 5) is 1.20. The molecule has 0 aliphatic heterocycles. The molecule has 0 saturated heterocycles. The molecule has 2 N–H and O–H groups in total. The summed E-state index contributed by atoms with van der Waals surface area (Å²) >= 11 is 5.26. The van der Waals surface area contributed by atoms with Gasteiger partial charge in [0.2, 0.25) is 0 Å². The van der Waals surface area contributed by atoms with Gasteiger partial charge in [0.25, 0.3) is 0 Å². The first-order valence-electron chi connectivity index (χ1n) is 6.86. The molecule has 2 aromatic rings. The van der Waals surface area contributed by atoms with E-state index in [4.69, 9.17) is 0 Å². The molecule has 0 aromatic heterocycles. The predicted molar refractivity (Wildman–Crippen MR) is 91.8 cm³/mol. The first-order chi connectivity index (χ1) is 10.2. The van der Waals surface area contributed by atoms with E-state index in [0.29, 0.717) is 6.42 Å². The summed E-state index contributed by atoms with van der Waals surface area (Å²) in [6.07, 6.45) is 0.710. The fourth-order valence-corrected chi connectivity index (χ4v) is 4.07. The zero-order chi connectivity index (χ0) is 15.1. The fourth-order valence-electron chi connectivity index (χ4n) is 2.29. The highest BCUT2D eigenvalue weighted by molar-refractivity contribution is 9.10. The Bertz CT molecular complexity index is 556. The molecule has 0 aliphatic rings. The van der Waals surface area contributed by atoms with E-state index in [1.165, 1.54) is 4.90 Å². The second-order valence-electron chi connectivity index (χ2n) is 4.99. The fraction of sp³-hybridized carbons (Fsp3) is 0.294. The van der Waals surface area contributed by atoms with Gasteiger partial charge < -0.3 is 10.2 Å². The molecule has 0 radical (unpaired) electrons. The third-order valence-corrected chi connectivity index (χ3v) is 5.35.